The van der Waals surface area contributed by atoms with Crippen molar-refractivity contribution in [3.63, 3.8) is 0 Å². The second-order valence-corrected chi connectivity index (χ2v) is 7.86. The van der Waals surface area contributed by atoms with Crippen molar-refractivity contribution in [2.45, 2.75) is 25.3 Å². The van der Waals surface area contributed by atoms with Gasteiger partial charge in [-0.05, 0) is 79.4 Å². The number of aryl methyl sites for hydroxylation is 1. The molecule has 0 saturated heterocycles. The van der Waals surface area contributed by atoms with E-state index in [-0.39, 0.29) is 48.8 Å². The third kappa shape index (κ3) is 8.51. The Morgan fingerprint density at radius 1 is 0.943 bits per heavy atom. The number of hydrogen-bond acceptors (Lipinski definition) is 5. The summed E-state index contributed by atoms with van der Waals surface area (Å²) in [7, 11) is 1.78. The van der Waals surface area contributed by atoms with Crippen LogP contribution in [0.3, 0.4) is 0 Å². The number of fused-ring (bicyclic) bond motifs is 1. The lowest BCUT2D eigenvalue weighted by molar-refractivity contribution is 0.304. The zero-order valence-electron chi connectivity index (χ0n) is 19.5. The van der Waals surface area contributed by atoms with Crippen molar-refractivity contribution in [2.75, 3.05) is 13.2 Å². The fourth-order valence-electron chi connectivity index (χ4n) is 3.79. The minimum atomic E-state index is -0.00723. The fraction of sp³-hybridized carbons (Fsp3) is 0.269. The lowest BCUT2D eigenvalue weighted by Crippen LogP contribution is -2.25. The Bertz CT molecular complexity index is 1210. The SMILES string of the molecule is Cl.Cl.Cl.Cn1c(=O)ccc2cc(OCCCCNC(Cc3ccncc3)c3cccnc3)ccc21. The number of rotatable bonds is 10. The van der Waals surface area contributed by atoms with Gasteiger partial charge in [-0.2, -0.15) is 0 Å². The van der Waals surface area contributed by atoms with Crippen molar-refractivity contribution < 1.29 is 4.74 Å². The summed E-state index contributed by atoms with van der Waals surface area (Å²) in [5.41, 5.74) is 3.33. The first-order valence-electron chi connectivity index (χ1n) is 11.0. The maximum Gasteiger partial charge on any atom is 0.250 e. The zero-order chi connectivity index (χ0) is 22.2. The van der Waals surface area contributed by atoms with Crippen molar-refractivity contribution in [3.05, 3.63) is 101 Å². The molecule has 188 valence electrons. The molecule has 9 heteroatoms. The van der Waals surface area contributed by atoms with Crippen molar-refractivity contribution in [2.24, 2.45) is 7.05 Å². The van der Waals surface area contributed by atoms with Gasteiger partial charge in [-0.25, -0.2) is 0 Å². The van der Waals surface area contributed by atoms with E-state index in [4.69, 9.17) is 4.74 Å². The zero-order valence-corrected chi connectivity index (χ0v) is 22.0. The van der Waals surface area contributed by atoms with Gasteiger partial charge in [0.05, 0.1) is 12.1 Å². The number of nitrogens with zero attached hydrogens (tertiary/aromatic N) is 3. The van der Waals surface area contributed by atoms with E-state index >= 15 is 0 Å². The number of benzene rings is 1. The fourth-order valence-corrected chi connectivity index (χ4v) is 3.79. The molecule has 0 fully saturated rings. The van der Waals surface area contributed by atoms with Crippen molar-refractivity contribution in [1.29, 1.82) is 0 Å². The van der Waals surface area contributed by atoms with Gasteiger partial charge in [-0.3, -0.25) is 14.8 Å². The molecule has 0 aliphatic heterocycles. The van der Waals surface area contributed by atoms with E-state index in [2.05, 4.69) is 33.5 Å². The van der Waals surface area contributed by atoms with E-state index < -0.39 is 0 Å². The number of nitrogens with one attached hydrogen (secondary N) is 1. The van der Waals surface area contributed by atoms with Gasteiger partial charge >= 0.3 is 0 Å². The van der Waals surface area contributed by atoms with E-state index in [1.54, 1.807) is 23.9 Å². The Morgan fingerprint density at radius 3 is 2.49 bits per heavy atom. The summed E-state index contributed by atoms with van der Waals surface area (Å²) in [5.74, 6) is 0.829. The van der Waals surface area contributed by atoms with Crippen molar-refractivity contribution in [1.82, 2.24) is 19.9 Å². The largest absolute Gasteiger partial charge is 0.494 e. The maximum absolute atomic E-state index is 11.8. The minimum absolute atomic E-state index is 0. The molecule has 0 bridgehead atoms. The molecule has 1 N–H and O–H groups in total. The summed E-state index contributed by atoms with van der Waals surface area (Å²) in [6.07, 6.45) is 10.2. The number of pyridine rings is 3. The highest BCUT2D eigenvalue weighted by Gasteiger charge is 2.12. The second kappa shape index (κ2) is 15.4. The second-order valence-electron chi connectivity index (χ2n) is 7.86. The molecule has 4 rings (SSSR count). The summed E-state index contributed by atoms with van der Waals surface area (Å²) in [6.45, 7) is 1.55. The van der Waals surface area contributed by atoms with Gasteiger partial charge in [-0.1, -0.05) is 6.07 Å². The molecule has 3 heterocycles. The number of aromatic nitrogens is 3. The predicted molar refractivity (Wildman–Crippen MR) is 149 cm³/mol. The van der Waals surface area contributed by atoms with E-state index in [1.165, 1.54) is 11.1 Å². The van der Waals surface area contributed by atoms with E-state index in [0.717, 1.165) is 42.5 Å². The topological polar surface area (TPSA) is 69.0 Å². The molecular formula is C26H31Cl3N4O2. The Labute approximate surface area is 224 Å². The molecule has 4 aromatic rings. The smallest absolute Gasteiger partial charge is 0.250 e. The van der Waals surface area contributed by atoms with Crippen LogP contribution in [-0.2, 0) is 13.5 Å². The molecular weight excluding hydrogens is 507 g/mol. The molecule has 0 amide bonds. The third-order valence-electron chi connectivity index (χ3n) is 5.60. The van der Waals surface area contributed by atoms with Crippen LogP contribution in [0.4, 0.5) is 0 Å². The van der Waals surface area contributed by atoms with Crippen LogP contribution in [0.5, 0.6) is 5.75 Å². The molecule has 0 aliphatic rings. The van der Waals surface area contributed by atoms with Crippen LogP contribution in [0, 0.1) is 0 Å². The Balaban J connectivity index is 0.00000204. The molecule has 1 unspecified atom stereocenters. The Hall–Kier alpha value is -2.64. The third-order valence-corrected chi connectivity index (χ3v) is 5.60. The van der Waals surface area contributed by atoms with Crippen LogP contribution in [0.2, 0.25) is 0 Å². The van der Waals surface area contributed by atoms with Gasteiger partial charge in [0.15, 0.2) is 0 Å². The monoisotopic (exact) mass is 536 g/mol. The van der Waals surface area contributed by atoms with E-state index in [9.17, 15) is 4.79 Å². The molecule has 1 aromatic carbocycles. The van der Waals surface area contributed by atoms with Crippen molar-refractivity contribution >= 4 is 48.1 Å². The van der Waals surface area contributed by atoms with E-state index in [0.29, 0.717) is 6.61 Å². The lowest BCUT2D eigenvalue weighted by atomic mass is 10.0. The molecule has 6 nitrogen and oxygen atoms in total. The van der Waals surface area contributed by atoms with Crippen LogP contribution in [0.1, 0.15) is 30.0 Å². The Kier molecular flexibility index (Phi) is 13.3. The van der Waals surface area contributed by atoms with Crippen molar-refractivity contribution in [3.8, 4) is 5.75 Å². The molecule has 0 radical (unpaired) electrons. The van der Waals surface area contributed by atoms with Crippen LogP contribution in [-0.4, -0.2) is 27.7 Å². The van der Waals surface area contributed by atoms with Gasteiger partial charge in [0.2, 0.25) is 0 Å². The standard InChI is InChI=1S/C26H28N4O2.3ClH/c1-30-25-8-7-23(18-21(25)6-9-26(30)31)32-16-3-2-13-29-24(22-5-4-12-28-19-22)17-20-10-14-27-15-11-20;;;/h4-12,14-15,18-19,24,29H,2-3,13,16-17H2,1H3;3*1H. The first-order valence-corrected chi connectivity index (χ1v) is 11.0. The Morgan fingerprint density at radius 2 is 1.74 bits per heavy atom. The summed E-state index contributed by atoms with van der Waals surface area (Å²) in [5, 5.41) is 4.67. The molecule has 3 aromatic heterocycles. The lowest BCUT2D eigenvalue weighted by Gasteiger charge is -2.19. The molecule has 0 saturated carbocycles. The highest BCUT2D eigenvalue weighted by Crippen LogP contribution is 2.20. The number of halogens is 3. The van der Waals surface area contributed by atoms with Gasteiger partial charge in [0, 0.05) is 49.3 Å². The molecule has 0 aliphatic carbocycles. The number of unbranched alkanes of at least 4 members (excludes halogenated alkanes) is 1. The normalized spacial score (nSPS) is 11.0. The number of hydrogen-bond donors (Lipinski definition) is 1. The molecule has 35 heavy (non-hydrogen) atoms. The molecule has 1 atom stereocenters. The van der Waals surface area contributed by atoms with Crippen LogP contribution < -0.4 is 15.6 Å². The summed E-state index contributed by atoms with van der Waals surface area (Å²) < 4.78 is 7.59. The van der Waals surface area contributed by atoms with E-state index in [1.807, 2.05) is 48.9 Å². The summed E-state index contributed by atoms with van der Waals surface area (Å²) in [4.78, 5) is 20.1. The highest BCUT2D eigenvalue weighted by molar-refractivity contribution is 5.86. The minimum Gasteiger partial charge on any atom is -0.494 e. The van der Waals surface area contributed by atoms with Gasteiger partial charge in [0.1, 0.15) is 5.75 Å². The maximum atomic E-state index is 11.8. The average Bonchev–Trinajstić information content (AvgIpc) is 2.84. The summed E-state index contributed by atoms with van der Waals surface area (Å²) in [6, 6.07) is 17.7. The number of ether oxygens (including phenoxy) is 1. The van der Waals surface area contributed by atoms with Crippen LogP contribution in [0.25, 0.3) is 10.9 Å². The van der Waals surface area contributed by atoms with Crippen LogP contribution >= 0.6 is 37.2 Å². The quantitative estimate of drug-likeness (QED) is 0.277. The van der Waals surface area contributed by atoms with Gasteiger partial charge < -0.3 is 14.6 Å². The van der Waals surface area contributed by atoms with Gasteiger partial charge in [0.25, 0.3) is 5.56 Å². The predicted octanol–water partition coefficient (Wildman–Crippen LogP) is 5.33. The summed E-state index contributed by atoms with van der Waals surface area (Å²) >= 11 is 0. The highest BCUT2D eigenvalue weighted by atomic mass is 35.5. The van der Waals surface area contributed by atoms with Crippen LogP contribution in [0.15, 0.2) is 84.2 Å². The van der Waals surface area contributed by atoms with Gasteiger partial charge in [-0.15, -0.1) is 37.2 Å². The first-order chi connectivity index (χ1) is 15.7. The first kappa shape index (κ1) is 30.4. The molecule has 0 spiro atoms. The average molecular weight is 538 g/mol.